The Morgan fingerprint density at radius 3 is 2.50 bits per heavy atom. The minimum atomic E-state index is -0.484. The fourth-order valence-corrected chi connectivity index (χ4v) is 2.61. The van der Waals surface area contributed by atoms with Crippen LogP contribution in [0.5, 0.6) is 11.5 Å². The summed E-state index contributed by atoms with van der Waals surface area (Å²) in [6.07, 6.45) is 1.57. The smallest absolute Gasteiger partial charge is 0.410 e. The Bertz CT molecular complexity index is 551. The SMILES string of the molecule is CC(C)Oc1ccccc1OC1CCCN(C(=O)OC(C)(C)C)C1. The first-order chi connectivity index (χ1) is 11.2. The van der Waals surface area contributed by atoms with Gasteiger partial charge in [-0.3, -0.25) is 0 Å². The fraction of sp³-hybridized carbons (Fsp3) is 0.632. The quantitative estimate of drug-likeness (QED) is 0.825. The van der Waals surface area contributed by atoms with Gasteiger partial charge < -0.3 is 19.1 Å². The predicted octanol–water partition coefficient (Wildman–Crippen LogP) is 4.25. The first kappa shape index (κ1) is 18.4. The Balaban J connectivity index is 1.99. The number of carbonyl (C=O) groups is 1. The Kier molecular flexibility index (Phi) is 5.97. The van der Waals surface area contributed by atoms with Gasteiger partial charge in [-0.2, -0.15) is 0 Å². The Labute approximate surface area is 144 Å². The van der Waals surface area contributed by atoms with E-state index >= 15 is 0 Å². The molecule has 1 fully saturated rings. The zero-order chi connectivity index (χ0) is 17.7. The number of likely N-dealkylation sites (tertiary alicyclic amines) is 1. The van der Waals surface area contributed by atoms with E-state index in [4.69, 9.17) is 14.2 Å². The van der Waals surface area contributed by atoms with Gasteiger partial charge in [-0.05, 0) is 59.6 Å². The van der Waals surface area contributed by atoms with Crippen molar-refractivity contribution in [2.75, 3.05) is 13.1 Å². The molecule has 0 N–H and O–H groups in total. The van der Waals surface area contributed by atoms with Crippen molar-refractivity contribution in [1.82, 2.24) is 4.90 Å². The molecule has 2 rings (SSSR count). The van der Waals surface area contributed by atoms with Crippen LogP contribution in [-0.2, 0) is 4.74 Å². The second-order valence-corrected chi connectivity index (χ2v) is 7.42. The number of amides is 1. The van der Waals surface area contributed by atoms with Gasteiger partial charge in [-0.1, -0.05) is 12.1 Å². The maximum Gasteiger partial charge on any atom is 0.410 e. The predicted molar refractivity (Wildman–Crippen MR) is 93.7 cm³/mol. The van der Waals surface area contributed by atoms with Crippen LogP contribution in [0, 0.1) is 0 Å². The molecule has 134 valence electrons. The van der Waals surface area contributed by atoms with Crippen LogP contribution in [0.3, 0.4) is 0 Å². The normalized spacial score (nSPS) is 18.4. The molecule has 1 amide bonds. The van der Waals surface area contributed by atoms with Crippen molar-refractivity contribution in [3.05, 3.63) is 24.3 Å². The molecule has 1 aromatic rings. The van der Waals surface area contributed by atoms with E-state index in [0.29, 0.717) is 13.1 Å². The van der Waals surface area contributed by atoms with Gasteiger partial charge >= 0.3 is 6.09 Å². The van der Waals surface area contributed by atoms with Crippen molar-refractivity contribution in [3.63, 3.8) is 0 Å². The summed E-state index contributed by atoms with van der Waals surface area (Å²) in [4.78, 5) is 14.0. The lowest BCUT2D eigenvalue weighted by molar-refractivity contribution is 0.00737. The third-order valence-electron chi connectivity index (χ3n) is 3.54. The number of piperidine rings is 1. The van der Waals surface area contributed by atoms with Gasteiger partial charge in [0.1, 0.15) is 11.7 Å². The zero-order valence-electron chi connectivity index (χ0n) is 15.4. The van der Waals surface area contributed by atoms with E-state index in [1.807, 2.05) is 58.9 Å². The number of benzene rings is 1. The number of para-hydroxylation sites is 2. The lowest BCUT2D eigenvalue weighted by Crippen LogP contribution is -2.46. The van der Waals surface area contributed by atoms with Crippen LogP contribution in [0.2, 0.25) is 0 Å². The van der Waals surface area contributed by atoms with Crippen molar-refractivity contribution in [2.24, 2.45) is 0 Å². The van der Waals surface area contributed by atoms with Crippen LogP contribution in [0.15, 0.2) is 24.3 Å². The molecule has 0 aliphatic carbocycles. The first-order valence-electron chi connectivity index (χ1n) is 8.65. The Morgan fingerprint density at radius 1 is 1.21 bits per heavy atom. The molecule has 1 saturated heterocycles. The number of carbonyl (C=O) groups excluding carboxylic acids is 1. The molecule has 5 heteroatoms. The van der Waals surface area contributed by atoms with Crippen molar-refractivity contribution in [1.29, 1.82) is 0 Å². The van der Waals surface area contributed by atoms with Crippen molar-refractivity contribution < 1.29 is 19.0 Å². The van der Waals surface area contributed by atoms with E-state index < -0.39 is 5.60 Å². The largest absolute Gasteiger partial charge is 0.487 e. The molecule has 0 saturated carbocycles. The average molecular weight is 335 g/mol. The van der Waals surface area contributed by atoms with Gasteiger partial charge in [0.2, 0.25) is 0 Å². The van der Waals surface area contributed by atoms with Gasteiger partial charge in [0.15, 0.2) is 11.5 Å². The molecule has 1 aliphatic heterocycles. The Hall–Kier alpha value is -1.91. The molecular weight excluding hydrogens is 306 g/mol. The van der Waals surface area contributed by atoms with E-state index in [1.54, 1.807) is 4.90 Å². The molecule has 1 heterocycles. The van der Waals surface area contributed by atoms with Crippen LogP contribution in [0.1, 0.15) is 47.5 Å². The summed E-state index contributed by atoms with van der Waals surface area (Å²) in [5.41, 5.74) is -0.484. The highest BCUT2D eigenvalue weighted by Gasteiger charge is 2.29. The number of hydrogen-bond acceptors (Lipinski definition) is 4. The second-order valence-electron chi connectivity index (χ2n) is 7.42. The number of nitrogens with zero attached hydrogens (tertiary/aromatic N) is 1. The summed E-state index contributed by atoms with van der Waals surface area (Å²) in [7, 11) is 0. The minimum Gasteiger partial charge on any atom is -0.487 e. The van der Waals surface area contributed by atoms with E-state index in [9.17, 15) is 4.79 Å². The first-order valence-corrected chi connectivity index (χ1v) is 8.65. The van der Waals surface area contributed by atoms with E-state index in [2.05, 4.69) is 0 Å². The molecule has 0 radical (unpaired) electrons. The summed E-state index contributed by atoms with van der Waals surface area (Å²) in [5, 5.41) is 0. The maximum atomic E-state index is 12.2. The van der Waals surface area contributed by atoms with E-state index in [0.717, 1.165) is 24.3 Å². The molecule has 1 aliphatic rings. The van der Waals surface area contributed by atoms with Crippen molar-refractivity contribution >= 4 is 6.09 Å². The van der Waals surface area contributed by atoms with Gasteiger partial charge in [-0.25, -0.2) is 4.79 Å². The molecule has 0 spiro atoms. The van der Waals surface area contributed by atoms with E-state index in [1.165, 1.54) is 0 Å². The van der Waals surface area contributed by atoms with E-state index in [-0.39, 0.29) is 18.3 Å². The topological polar surface area (TPSA) is 48.0 Å². The highest BCUT2D eigenvalue weighted by Crippen LogP contribution is 2.30. The Morgan fingerprint density at radius 2 is 1.88 bits per heavy atom. The molecule has 0 bridgehead atoms. The summed E-state index contributed by atoms with van der Waals surface area (Å²) < 4.78 is 17.4. The van der Waals surface area contributed by atoms with Crippen LogP contribution in [0.25, 0.3) is 0 Å². The molecule has 5 nitrogen and oxygen atoms in total. The summed E-state index contributed by atoms with van der Waals surface area (Å²) in [5.74, 6) is 1.46. The second kappa shape index (κ2) is 7.77. The highest BCUT2D eigenvalue weighted by molar-refractivity contribution is 5.68. The molecule has 0 aromatic heterocycles. The zero-order valence-corrected chi connectivity index (χ0v) is 15.4. The summed E-state index contributed by atoms with van der Waals surface area (Å²) in [6, 6.07) is 7.67. The average Bonchev–Trinajstić information content (AvgIpc) is 2.47. The van der Waals surface area contributed by atoms with Crippen LogP contribution >= 0.6 is 0 Å². The van der Waals surface area contributed by atoms with Gasteiger partial charge in [0.05, 0.1) is 12.6 Å². The highest BCUT2D eigenvalue weighted by atomic mass is 16.6. The lowest BCUT2D eigenvalue weighted by atomic mass is 10.1. The monoisotopic (exact) mass is 335 g/mol. The number of ether oxygens (including phenoxy) is 3. The summed E-state index contributed by atoms with van der Waals surface area (Å²) >= 11 is 0. The minimum absolute atomic E-state index is 0.0526. The van der Waals surface area contributed by atoms with Gasteiger partial charge in [0, 0.05) is 6.54 Å². The molecule has 1 aromatic carbocycles. The third kappa shape index (κ3) is 5.62. The number of hydrogen-bond donors (Lipinski definition) is 0. The molecular formula is C19H29NO4. The third-order valence-corrected chi connectivity index (χ3v) is 3.54. The maximum absolute atomic E-state index is 12.2. The van der Waals surface area contributed by atoms with Crippen LogP contribution < -0.4 is 9.47 Å². The van der Waals surface area contributed by atoms with Crippen LogP contribution in [-0.4, -0.2) is 41.9 Å². The molecule has 24 heavy (non-hydrogen) atoms. The molecule has 1 atom stereocenters. The van der Waals surface area contributed by atoms with Gasteiger partial charge in [0.25, 0.3) is 0 Å². The molecule has 1 unspecified atom stereocenters. The summed E-state index contributed by atoms with van der Waals surface area (Å²) in [6.45, 7) is 10.8. The van der Waals surface area contributed by atoms with Gasteiger partial charge in [-0.15, -0.1) is 0 Å². The fourth-order valence-electron chi connectivity index (χ4n) is 2.61. The number of rotatable bonds is 4. The standard InChI is InChI=1S/C19H29NO4/c1-14(2)22-16-10-6-7-11-17(16)23-15-9-8-12-20(13-15)18(21)24-19(3,4)5/h6-7,10-11,14-15H,8-9,12-13H2,1-5H3. The van der Waals surface area contributed by atoms with Crippen molar-refractivity contribution in [2.45, 2.75) is 65.3 Å². The lowest BCUT2D eigenvalue weighted by Gasteiger charge is -2.34. The van der Waals surface area contributed by atoms with Crippen molar-refractivity contribution in [3.8, 4) is 11.5 Å². The van der Waals surface area contributed by atoms with Crippen LogP contribution in [0.4, 0.5) is 4.79 Å².